The van der Waals surface area contributed by atoms with Crippen LogP contribution in [0.4, 0.5) is 4.39 Å². The number of benzene rings is 1. The lowest BCUT2D eigenvalue weighted by molar-refractivity contribution is 0.314. The molecule has 1 heterocycles. The molecule has 3 rings (SSSR count). The van der Waals surface area contributed by atoms with Crippen molar-refractivity contribution in [2.75, 3.05) is 26.7 Å². The smallest absolute Gasteiger partial charge is 0.243 e. The lowest BCUT2D eigenvalue weighted by atomic mass is 10.1. The molecule has 0 aromatic heterocycles. The fourth-order valence-corrected chi connectivity index (χ4v) is 4.11. The van der Waals surface area contributed by atoms with E-state index in [1.165, 1.54) is 32.1 Å². The zero-order valence-electron chi connectivity index (χ0n) is 12.6. The first-order valence-electron chi connectivity index (χ1n) is 7.57. The van der Waals surface area contributed by atoms with Crippen LogP contribution in [0.2, 0.25) is 0 Å². The summed E-state index contributed by atoms with van der Waals surface area (Å²) in [7, 11) is -2.41. The van der Waals surface area contributed by atoms with Crippen LogP contribution >= 0.6 is 0 Å². The van der Waals surface area contributed by atoms with E-state index < -0.39 is 15.8 Å². The van der Waals surface area contributed by atoms with Gasteiger partial charge < -0.3 is 9.64 Å². The number of halogens is 1. The Labute approximate surface area is 130 Å². The van der Waals surface area contributed by atoms with Crippen molar-refractivity contribution < 1.29 is 17.5 Å². The van der Waals surface area contributed by atoms with Crippen molar-refractivity contribution in [2.24, 2.45) is 5.92 Å². The quantitative estimate of drug-likeness (QED) is 0.862. The van der Waals surface area contributed by atoms with Gasteiger partial charge in [-0.1, -0.05) is 0 Å². The molecular weight excluding hydrogens is 307 g/mol. The van der Waals surface area contributed by atoms with Crippen molar-refractivity contribution in [1.82, 2.24) is 9.62 Å². The van der Waals surface area contributed by atoms with Crippen molar-refractivity contribution in [3.63, 3.8) is 0 Å². The molecule has 7 heteroatoms. The topological polar surface area (TPSA) is 58.6 Å². The fourth-order valence-electron chi connectivity index (χ4n) is 2.93. The Balaban J connectivity index is 1.61. The normalized spacial score (nSPS) is 22.9. The first kappa shape index (κ1) is 15.7. The second-order valence-electron chi connectivity index (χ2n) is 6.03. The Hall–Kier alpha value is -1.18. The summed E-state index contributed by atoms with van der Waals surface area (Å²) in [6.45, 7) is 2.32. The molecule has 1 N–H and O–H groups in total. The van der Waals surface area contributed by atoms with E-state index >= 15 is 0 Å². The van der Waals surface area contributed by atoms with Gasteiger partial charge in [0.15, 0.2) is 0 Å². The molecule has 1 saturated heterocycles. The summed E-state index contributed by atoms with van der Waals surface area (Å²) in [5, 5.41) is 0. The summed E-state index contributed by atoms with van der Waals surface area (Å²) < 4.78 is 45.8. The van der Waals surface area contributed by atoms with Gasteiger partial charge in [0, 0.05) is 25.2 Å². The van der Waals surface area contributed by atoms with E-state index in [2.05, 4.69) is 9.62 Å². The Bertz CT molecular complexity index is 646. The summed E-state index contributed by atoms with van der Waals surface area (Å²) in [5.74, 6) is -0.193. The molecule has 1 aliphatic carbocycles. The molecule has 122 valence electrons. The molecule has 1 saturated carbocycles. The Morgan fingerprint density at radius 1 is 1.36 bits per heavy atom. The molecule has 0 amide bonds. The number of likely N-dealkylation sites (tertiary alicyclic amines) is 1. The highest BCUT2D eigenvalue weighted by Crippen LogP contribution is 2.31. The monoisotopic (exact) mass is 328 g/mol. The first-order chi connectivity index (χ1) is 10.5. The number of methoxy groups -OCH3 is 1. The number of hydrogen-bond donors (Lipinski definition) is 1. The van der Waals surface area contributed by atoms with Crippen molar-refractivity contribution >= 4 is 10.0 Å². The van der Waals surface area contributed by atoms with E-state index in [1.807, 2.05) is 0 Å². The molecule has 2 aliphatic rings. The summed E-state index contributed by atoms with van der Waals surface area (Å²) in [5.41, 5.74) is 0. The molecule has 1 aromatic rings. The van der Waals surface area contributed by atoms with Crippen LogP contribution in [0.3, 0.4) is 0 Å². The van der Waals surface area contributed by atoms with E-state index in [0.29, 0.717) is 24.3 Å². The van der Waals surface area contributed by atoms with Crippen LogP contribution in [0.25, 0.3) is 0 Å². The second-order valence-corrected chi connectivity index (χ2v) is 7.76. The van der Waals surface area contributed by atoms with Crippen LogP contribution < -0.4 is 9.46 Å². The maximum Gasteiger partial charge on any atom is 0.243 e. The summed E-state index contributed by atoms with van der Waals surface area (Å²) in [6, 6.07) is 4.48. The van der Waals surface area contributed by atoms with Crippen molar-refractivity contribution in [3.05, 3.63) is 24.0 Å². The van der Waals surface area contributed by atoms with E-state index in [1.54, 1.807) is 0 Å². The maximum absolute atomic E-state index is 13.9. The van der Waals surface area contributed by atoms with Crippen LogP contribution in [0.1, 0.15) is 19.3 Å². The number of nitrogens with one attached hydrogen (secondary N) is 1. The lowest BCUT2D eigenvalue weighted by Gasteiger charge is -2.15. The van der Waals surface area contributed by atoms with Crippen LogP contribution in [0, 0.1) is 11.7 Å². The minimum Gasteiger partial charge on any atom is -0.497 e. The zero-order valence-corrected chi connectivity index (χ0v) is 13.4. The van der Waals surface area contributed by atoms with Gasteiger partial charge in [-0.3, -0.25) is 0 Å². The second kappa shape index (κ2) is 6.14. The standard InChI is InChI=1S/C15H21FN2O3S/c1-21-13-4-5-15(14(16)8-13)22(19,20)17-9-11-6-7-18(10-11)12-2-3-12/h4-5,8,11-12,17H,2-3,6-7,9-10H2,1H3. The molecule has 0 radical (unpaired) electrons. The average Bonchev–Trinajstić information content (AvgIpc) is 3.23. The van der Waals surface area contributed by atoms with Crippen LogP contribution in [0.15, 0.2) is 23.1 Å². The van der Waals surface area contributed by atoms with Crippen molar-refractivity contribution in [3.8, 4) is 5.75 Å². The number of ether oxygens (including phenoxy) is 1. The van der Waals surface area contributed by atoms with Gasteiger partial charge in [0.2, 0.25) is 10.0 Å². The molecule has 0 spiro atoms. The highest BCUT2D eigenvalue weighted by atomic mass is 32.2. The van der Waals surface area contributed by atoms with Crippen LogP contribution in [-0.2, 0) is 10.0 Å². The van der Waals surface area contributed by atoms with Gasteiger partial charge in [-0.15, -0.1) is 0 Å². The van der Waals surface area contributed by atoms with E-state index in [-0.39, 0.29) is 4.90 Å². The third-order valence-corrected chi connectivity index (χ3v) is 5.83. The highest BCUT2D eigenvalue weighted by molar-refractivity contribution is 7.89. The number of sulfonamides is 1. The molecule has 1 atom stereocenters. The van der Waals surface area contributed by atoms with E-state index in [9.17, 15) is 12.8 Å². The van der Waals surface area contributed by atoms with Gasteiger partial charge in [0.05, 0.1) is 7.11 Å². The predicted octanol–water partition coefficient (Wildman–Crippen LogP) is 1.60. The molecule has 0 bridgehead atoms. The van der Waals surface area contributed by atoms with Gasteiger partial charge in [-0.05, 0) is 43.9 Å². The minimum atomic E-state index is -3.82. The number of rotatable bonds is 6. The van der Waals surface area contributed by atoms with Gasteiger partial charge in [-0.25, -0.2) is 17.5 Å². The maximum atomic E-state index is 13.9. The minimum absolute atomic E-state index is 0.298. The molecule has 22 heavy (non-hydrogen) atoms. The lowest BCUT2D eigenvalue weighted by Crippen LogP contribution is -2.32. The molecule has 1 aromatic carbocycles. The van der Waals surface area contributed by atoms with E-state index in [4.69, 9.17) is 4.74 Å². The van der Waals surface area contributed by atoms with E-state index in [0.717, 1.165) is 25.6 Å². The SMILES string of the molecule is COc1ccc(S(=O)(=O)NCC2CCN(C3CC3)C2)c(F)c1. The van der Waals surface area contributed by atoms with Crippen LogP contribution in [0.5, 0.6) is 5.75 Å². The third-order valence-electron chi connectivity index (χ3n) is 4.37. The zero-order chi connectivity index (χ0) is 15.7. The summed E-state index contributed by atoms with van der Waals surface area (Å²) in [4.78, 5) is 2.10. The fraction of sp³-hybridized carbons (Fsp3) is 0.600. The first-order valence-corrected chi connectivity index (χ1v) is 9.05. The number of hydrogen-bond acceptors (Lipinski definition) is 4. The Morgan fingerprint density at radius 2 is 2.14 bits per heavy atom. The predicted molar refractivity (Wildman–Crippen MR) is 80.8 cm³/mol. The molecule has 1 unspecified atom stereocenters. The highest BCUT2D eigenvalue weighted by Gasteiger charge is 2.34. The molecular formula is C15H21FN2O3S. The van der Waals surface area contributed by atoms with Crippen molar-refractivity contribution in [2.45, 2.75) is 30.2 Å². The Morgan fingerprint density at radius 3 is 2.77 bits per heavy atom. The third kappa shape index (κ3) is 3.42. The summed E-state index contributed by atoms with van der Waals surface area (Å²) >= 11 is 0. The van der Waals surface area contributed by atoms with Gasteiger partial charge in [0.25, 0.3) is 0 Å². The molecule has 5 nitrogen and oxygen atoms in total. The largest absolute Gasteiger partial charge is 0.497 e. The van der Waals surface area contributed by atoms with Gasteiger partial charge in [0.1, 0.15) is 16.5 Å². The van der Waals surface area contributed by atoms with Gasteiger partial charge >= 0.3 is 0 Å². The van der Waals surface area contributed by atoms with Gasteiger partial charge in [-0.2, -0.15) is 0 Å². The Kier molecular flexibility index (Phi) is 4.38. The number of nitrogens with zero attached hydrogens (tertiary/aromatic N) is 1. The van der Waals surface area contributed by atoms with Crippen LogP contribution in [-0.4, -0.2) is 46.1 Å². The molecule has 1 aliphatic heterocycles. The summed E-state index contributed by atoms with van der Waals surface area (Å²) in [6.07, 6.45) is 3.51. The average molecular weight is 328 g/mol. The molecule has 2 fully saturated rings. The van der Waals surface area contributed by atoms with Crippen molar-refractivity contribution in [1.29, 1.82) is 0 Å².